The third kappa shape index (κ3) is 8.34. The van der Waals surface area contributed by atoms with Gasteiger partial charge in [0.1, 0.15) is 30.7 Å². The van der Waals surface area contributed by atoms with E-state index >= 15 is 0 Å². The van der Waals surface area contributed by atoms with Gasteiger partial charge >= 0.3 is 5.51 Å². The van der Waals surface area contributed by atoms with Crippen LogP contribution in [0.1, 0.15) is 34.4 Å². The lowest BCUT2D eigenvalue weighted by Crippen LogP contribution is -2.51. The maximum atomic E-state index is 14.5. The summed E-state index contributed by atoms with van der Waals surface area (Å²) in [6, 6.07) is 22.1. The second kappa shape index (κ2) is 16.3. The van der Waals surface area contributed by atoms with Crippen LogP contribution in [0.25, 0.3) is 28.1 Å². The maximum Gasteiger partial charge on any atom is 0.446 e. The van der Waals surface area contributed by atoms with Crippen molar-refractivity contribution in [3.63, 3.8) is 0 Å². The minimum atomic E-state index is -4.45. The van der Waals surface area contributed by atoms with Gasteiger partial charge in [0.25, 0.3) is 11.5 Å². The number of nitrogens with one attached hydrogen (secondary N) is 1. The smallest absolute Gasteiger partial charge is 0.446 e. The van der Waals surface area contributed by atoms with Crippen molar-refractivity contribution in [1.29, 1.82) is 0 Å². The van der Waals surface area contributed by atoms with Crippen LogP contribution in [0.15, 0.2) is 106 Å². The molecule has 1 aliphatic heterocycles. The van der Waals surface area contributed by atoms with Gasteiger partial charge in [0.05, 0.1) is 17.7 Å². The van der Waals surface area contributed by atoms with Crippen LogP contribution in [-0.2, 0) is 24.4 Å². The predicted octanol–water partition coefficient (Wildman–Crippen LogP) is 6.76. The molecule has 0 unspecified atom stereocenters. The SMILES string of the molecule is CCc1c(N2CCN(C(=O)c3ncnc(C)c3OCc3ccccc3)CC2)c(=O)n2nc(-c3ccc4ccoc4c3)nc2n1CC(=O)Nc1ccc(SC(F)(F)F)cc1. The summed E-state index contributed by atoms with van der Waals surface area (Å²) in [5.74, 6) is -0.193. The molecule has 4 aromatic heterocycles. The lowest BCUT2D eigenvalue weighted by Gasteiger charge is -2.36. The molecule has 8 rings (SSSR count). The first-order valence-electron chi connectivity index (χ1n) is 18.6. The molecule has 14 nitrogen and oxygen atoms in total. The molecule has 0 aliphatic carbocycles. The van der Waals surface area contributed by atoms with E-state index < -0.39 is 17.0 Å². The summed E-state index contributed by atoms with van der Waals surface area (Å²) in [5.41, 5.74) is -1.02. The zero-order valence-corrected chi connectivity index (χ0v) is 32.6. The van der Waals surface area contributed by atoms with Crippen molar-refractivity contribution in [3.05, 3.63) is 124 Å². The van der Waals surface area contributed by atoms with E-state index in [-0.39, 0.29) is 79.2 Å². The van der Waals surface area contributed by atoms with Gasteiger partial charge in [-0.3, -0.25) is 14.4 Å². The molecule has 1 fully saturated rings. The molecule has 7 aromatic rings. The van der Waals surface area contributed by atoms with Crippen molar-refractivity contribution < 1.29 is 31.9 Å². The van der Waals surface area contributed by atoms with Crippen molar-refractivity contribution in [3.8, 4) is 17.1 Å². The molecule has 0 radical (unpaired) electrons. The summed E-state index contributed by atoms with van der Waals surface area (Å²) >= 11 is -0.250. The highest BCUT2D eigenvalue weighted by atomic mass is 32.2. The van der Waals surface area contributed by atoms with Crippen LogP contribution in [0.3, 0.4) is 0 Å². The number of ether oxygens (including phenoxy) is 1. The second-order valence-electron chi connectivity index (χ2n) is 13.7. The Hall–Kier alpha value is -6.69. The Kier molecular flexibility index (Phi) is 10.8. The quantitative estimate of drug-likeness (QED) is 0.138. The zero-order valence-electron chi connectivity index (χ0n) is 31.8. The number of aryl methyl sites for hydroxylation is 1. The number of fused-ring (bicyclic) bond motifs is 2. The number of thioether (sulfide) groups is 1. The summed E-state index contributed by atoms with van der Waals surface area (Å²) in [6.07, 6.45) is 3.22. The van der Waals surface area contributed by atoms with E-state index in [1.807, 2.05) is 60.4 Å². The molecule has 59 heavy (non-hydrogen) atoms. The molecule has 0 spiro atoms. The second-order valence-corrected chi connectivity index (χ2v) is 14.8. The highest BCUT2D eigenvalue weighted by Crippen LogP contribution is 2.37. The number of benzene rings is 3. The average Bonchev–Trinajstić information content (AvgIpc) is 3.90. The number of carbonyl (C=O) groups excluding carboxylic acids is 2. The lowest BCUT2D eigenvalue weighted by atomic mass is 10.1. The Morgan fingerprint density at radius 2 is 1.73 bits per heavy atom. The molecule has 2 amide bonds. The number of alkyl halides is 3. The van der Waals surface area contributed by atoms with Crippen molar-refractivity contribution in [2.45, 2.75) is 43.8 Å². The van der Waals surface area contributed by atoms with E-state index in [0.717, 1.165) is 10.9 Å². The molecule has 3 aromatic carbocycles. The normalized spacial score (nSPS) is 13.3. The lowest BCUT2D eigenvalue weighted by molar-refractivity contribution is -0.116. The molecule has 1 N–H and O–H groups in total. The predicted molar refractivity (Wildman–Crippen MR) is 214 cm³/mol. The van der Waals surface area contributed by atoms with Gasteiger partial charge < -0.3 is 28.8 Å². The Balaban J connectivity index is 1.09. The average molecular weight is 824 g/mol. The highest BCUT2D eigenvalue weighted by molar-refractivity contribution is 8.00. The van der Waals surface area contributed by atoms with Crippen molar-refractivity contribution in [2.75, 3.05) is 36.4 Å². The van der Waals surface area contributed by atoms with Crippen molar-refractivity contribution in [2.24, 2.45) is 0 Å². The van der Waals surface area contributed by atoms with Crippen molar-refractivity contribution in [1.82, 2.24) is 34.0 Å². The van der Waals surface area contributed by atoms with Gasteiger partial charge in [-0.25, -0.2) is 9.97 Å². The summed E-state index contributed by atoms with van der Waals surface area (Å²) in [5, 5.41) is 8.24. The third-order valence-corrected chi connectivity index (χ3v) is 10.6. The van der Waals surface area contributed by atoms with Gasteiger partial charge in [-0.1, -0.05) is 49.4 Å². The summed E-state index contributed by atoms with van der Waals surface area (Å²) < 4.78 is 53.2. The molecular formula is C41H36F3N9O5S. The highest BCUT2D eigenvalue weighted by Gasteiger charge is 2.32. The molecule has 18 heteroatoms. The molecule has 0 atom stereocenters. The van der Waals surface area contributed by atoms with Gasteiger partial charge in [-0.15, -0.1) is 5.10 Å². The molecular weight excluding hydrogens is 788 g/mol. The van der Waals surface area contributed by atoms with Crippen LogP contribution in [0.5, 0.6) is 5.75 Å². The van der Waals surface area contributed by atoms with E-state index in [1.165, 1.54) is 35.1 Å². The minimum absolute atomic E-state index is 0.0231. The maximum absolute atomic E-state index is 14.5. The molecule has 1 saturated heterocycles. The van der Waals surface area contributed by atoms with Gasteiger partial charge in [0.2, 0.25) is 11.7 Å². The van der Waals surface area contributed by atoms with E-state index in [4.69, 9.17) is 14.1 Å². The van der Waals surface area contributed by atoms with Crippen LogP contribution < -0.4 is 20.5 Å². The molecule has 5 heterocycles. The first kappa shape index (κ1) is 39.2. The molecule has 302 valence electrons. The van der Waals surface area contributed by atoms with Gasteiger partial charge in [-0.05, 0) is 67.1 Å². The number of rotatable bonds is 11. The summed E-state index contributed by atoms with van der Waals surface area (Å²) in [6.45, 7) is 4.57. The zero-order chi connectivity index (χ0) is 41.3. The van der Waals surface area contributed by atoms with Crippen LogP contribution in [0.4, 0.5) is 24.5 Å². The number of hydrogen-bond donors (Lipinski definition) is 1. The number of piperazine rings is 1. The molecule has 1 aliphatic rings. The molecule has 0 bridgehead atoms. The van der Waals surface area contributed by atoms with Gasteiger partial charge in [0, 0.05) is 47.7 Å². The first-order chi connectivity index (χ1) is 28.5. The largest absolute Gasteiger partial charge is 0.485 e. The summed E-state index contributed by atoms with van der Waals surface area (Å²) in [4.78, 5) is 58.9. The number of amides is 2. The van der Waals surface area contributed by atoms with Gasteiger partial charge in [0.15, 0.2) is 17.3 Å². The van der Waals surface area contributed by atoms with Crippen LogP contribution in [0.2, 0.25) is 0 Å². The third-order valence-electron chi connectivity index (χ3n) is 9.84. The van der Waals surface area contributed by atoms with E-state index in [2.05, 4.69) is 20.4 Å². The molecule has 0 saturated carbocycles. The van der Waals surface area contributed by atoms with Crippen LogP contribution in [-0.4, -0.2) is 77.5 Å². The Bertz CT molecular complexity index is 2730. The monoisotopic (exact) mass is 823 g/mol. The van der Waals surface area contributed by atoms with E-state index in [1.54, 1.807) is 28.7 Å². The summed E-state index contributed by atoms with van der Waals surface area (Å²) in [7, 11) is 0. The van der Waals surface area contributed by atoms with E-state index in [9.17, 15) is 27.6 Å². The Morgan fingerprint density at radius 3 is 2.46 bits per heavy atom. The number of anilines is 2. The first-order valence-corrected chi connectivity index (χ1v) is 19.5. The number of carbonyl (C=O) groups is 2. The van der Waals surface area contributed by atoms with E-state index in [0.29, 0.717) is 46.1 Å². The van der Waals surface area contributed by atoms with Gasteiger partial charge in [-0.2, -0.15) is 22.7 Å². The van der Waals surface area contributed by atoms with Crippen molar-refractivity contribution >= 4 is 51.7 Å². The number of halogens is 3. The topological polar surface area (TPSA) is 153 Å². The standard InChI is InChI=1S/C41H36F3N9O5S/c1-3-31-35(50-16-18-51(19-17-50)38(55)34-36(25(2)45-24-46-34)58-23-26-7-5-4-6-8-26)39(56)53-40(48-37(49-53)28-10-9-27-15-20-57-32(27)21-28)52(31)22-33(54)47-29-11-13-30(14-12-29)59-41(42,43)44/h4-15,20-21,24H,3,16-19,22-23H2,1-2H3,(H,47,54). The minimum Gasteiger partial charge on any atom is -0.485 e. The number of hydrogen-bond acceptors (Lipinski definition) is 11. The fraction of sp³-hybridized carbons (Fsp3) is 0.244. The number of furan rings is 1. The van der Waals surface area contributed by atoms with Crippen LogP contribution in [0, 0.1) is 6.92 Å². The Morgan fingerprint density at radius 1 is 0.966 bits per heavy atom. The Labute approximate surface area is 338 Å². The number of nitrogens with zero attached hydrogens (tertiary/aromatic N) is 8. The van der Waals surface area contributed by atoms with Crippen LogP contribution >= 0.6 is 11.8 Å². The number of aromatic nitrogens is 6. The fourth-order valence-corrected chi connectivity index (χ4v) is 7.57. The fourth-order valence-electron chi connectivity index (χ4n) is 7.03.